The molecular formula is C13H14BrFN2. The van der Waals surface area contributed by atoms with E-state index >= 15 is 0 Å². The number of likely N-dealkylation sites (tertiary alicyclic amines) is 1. The number of benzene rings is 1. The summed E-state index contributed by atoms with van der Waals surface area (Å²) >= 11 is 3.35. The van der Waals surface area contributed by atoms with E-state index in [1.165, 1.54) is 6.07 Å². The molecule has 0 bridgehead atoms. The molecule has 2 nitrogen and oxygen atoms in total. The minimum atomic E-state index is -0.174. The number of hydrogen-bond donors (Lipinski definition) is 0. The molecule has 4 heteroatoms. The van der Waals surface area contributed by atoms with E-state index in [2.05, 4.69) is 26.9 Å². The zero-order chi connectivity index (χ0) is 12.3. The van der Waals surface area contributed by atoms with Crippen molar-refractivity contribution < 1.29 is 4.39 Å². The summed E-state index contributed by atoms with van der Waals surface area (Å²) in [4.78, 5) is 2.15. The van der Waals surface area contributed by atoms with Gasteiger partial charge in [0.15, 0.2) is 0 Å². The predicted octanol–water partition coefficient (Wildman–Crippen LogP) is 3.32. The van der Waals surface area contributed by atoms with E-state index < -0.39 is 0 Å². The fourth-order valence-corrected chi connectivity index (χ4v) is 2.62. The smallest absolute Gasteiger partial charge is 0.127 e. The Morgan fingerprint density at radius 1 is 1.53 bits per heavy atom. The SMILES string of the molecule is N#CC1CCCN(Cc2cc(Br)ccc2F)C1. The first-order valence-electron chi connectivity index (χ1n) is 5.75. The lowest BCUT2D eigenvalue weighted by Crippen LogP contribution is -2.34. The number of piperidine rings is 1. The van der Waals surface area contributed by atoms with Crippen molar-refractivity contribution in [3.8, 4) is 6.07 Å². The summed E-state index contributed by atoms with van der Waals surface area (Å²) in [6, 6.07) is 7.29. The molecule has 0 spiro atoms. The maximum atomic E-state index is 13.6. The lowest BCUT2D eigenvalue weighted by Gasteiger charge is -2.29. The quantitative estimate of drug-likeness (QED) is 0.837. The lowest BCUT2D eigenvalue weighted by atomic mass is 9.99. The monoisotopic (exact) mass is 296 g/mol. The van der Waals surface area contributed by atoms with Gasteiger partial charge in [0.1, 0.15) is 5.82 Å². The van der Waals surface area contributed by atoms with Crippen molar-refractivity contribution in [3.63, 3.8) is 0 Å². The van der Waals surface area contributed by atoms with Crippen LogP contribution in [0.3, 0.4) is 0 Å². The van der Waals surface area contributed by atoms with Crippen LogP contribution in [0.15, 0.2) is 22.7 Å². The molecule has 2 rings (SSSR count). The summed E-state index contributed by atoms with van der Waals surface area (Å²) in [5.41, 5.74) is 0.693. The molecule has 1 saturated heterocycles. The Morgan fingerprint density at radius 3 is 3.12 bits per heavy atom. The molecule has 1 aliphatic heterocycles. The van der Waals surface area contributed by atoms with Crippen LogP contribution >= 0.6 is 15.9 Å². The van der Waals surface area contributed by atoms with Crippen LogP contribution in [0.4, 0.5) is 4.39 Å². The summed E-state index contributed by atoms with van der Waals surface area (Å²) in [6.07, 6.45) is 1.99. The largest absolute Gasteiger partial charge is 0.298 e. The first kappa shape index (κ1) is 12.5. The zero-order valence-corrected chi connectivity index (χ0v) is 11.1. The van der Waals surface area contributed by atoms with Gasteiger partial charge in [-0.3, -0.25) is 4.90 Å². The van der Waals surface area contributed by atoms with Crippen LogP contribution in [0.1, 0.15) is 18.4 Å². The number of nitriles is 1. The Bertz CT molecular complexity index is 442. The van der Waals surface area contributed by atoms with Crippen molar-refractivity contribution in [3.05, 3.63) is 34.1 Å². The highest BCUT2D eigenvalue weighted by molar-refractivity contribution is 9.10. The van der Waals surface area contributed by atoms with E-state index in [1.807, 2.05) is 6.07 Å². The molecule has 0 aliphatic carbocycles. The summed E-state index contributed by atoms with van der Waals surface area (Å²) in [6.45, 7) is 2.29. The molecule has 1 fully saturated rings. The molecule has 0 radical (unpaired) electrons. The second-order valence-corrected chi connectivity index (χ2v) is 5.35. The summed E-state index contributed by atoms with van der Waals surface area (Å²) in [5.74, 6) is -0.0776. The number of hydrogen-bond acceptors (Lipinski definition) is 2. The third-order valence-electron chi connectivity index (χ3n) is 3.09. The van der Waals surface area contributed by atoms with Gasteiger partial charge in [-0.25, -0.2) is 4.39 Å². The van der Waals surface area contributed by atoms with Crippen LogP contribution < -0.4 is 0 Å². The molecule has 1 aliphatic rings. The van der Waals surface area contributed by atoms with Crippen LogP contribution in [0.5, 0.6) is 0 Å². The molecule has 0 saturated carbocycles. The topological polar surface area (TPSA) is 27.0 Å². The van der Waals surface area contributed by atoms with Gasteiger partial charge >= 0.3 is 0 Å². The second kappa shape index (κ2) is 5.61. The Labute approximate surface area is 109 Å². The molecule has 1 unspecified atom stereocenters. The Balaban J connectivity index is 2.05. The molecule has 0 N–H and O–H groups in total. The van der Waals surface area contributed by atoms with Gasteiger partial charge in [-0.2, -0.15) is 5.26 Å². The van der Waals surface area contributed by atoms with Crippen LogP contribution in [0, 0.1) is 23.1 Å². The second-order valence-electron chi connectivity index (χ2n) is 4.44. The minimum Gasteiger partial charge on any atom is -0.298 e. The minimum absolute atomic E-state index is 0.0963. The van der Waals surface area contributed by atoms with Crippen LogP contribution in [0.25, 0.3) is 0 Å². The Kier molecular flexibility index (Phi) is 4.14. The molecule has 1 atom stereocenters. The maximum absolute atomic E-state index is 13.6. The molecule has 90 valence electrons. The summed E-state index contributed by atoms with van der Waals surface area (Å²) in [5, 5.41) is 8.92. The van der Waals surface area contributed by atoms with Crippen molar-refractivity contribution in [2.24, 2.45) is 5.92 Å². The molecule has 1 aromatic carbocycles. The fraction of sp³-hybridized carbons (Fsp3) is 0.462. The summed E-state index contributed by atoms with van der Waals surface area (Å²) < 4.78 is 14.5. The Morgan fingerprint density at radius 2 is 2.35 bits per heavy atom. The number of rotatable bonds is 2. The van der Waals surface area contributed by atoms with Gasteiger partial charge in [-0.15, -0.1) is 0 Å². The van der Waals surface area contributed by atoms with Gasteiger partial charge in [-0.1, -0.05) is 15.9 Å². The van der Waals surface area contributed by atoms with Gasteiger partial charge in [0.2, 0.25) is 0 Å². The highest BCUT2D eigenvalue weighted by Gasteiger charge is 2.20. The summed E-state index contributed by atoms with van der Waals surface area (Å²) in [7, 11) is 0. The lowest BCUT2D eigenvalue weighted by molar-refractivity contribution is 0.190. The van der Waals surface area contributed by atoms with E-state index in [4.69, 9.17) is 5.26 Å². The molecular weight excluding hydrogens is 283 g/mol. The van der Waals surface area contributed by atoms with Crippen molar-refractivity contribution in [2.75, 3.05) is 13.1 Å². The molecule has 0 aromatic heterocycles. The molecule has 1 aromatic rings. The van der Waals surface area contributed by atoms with Gasteiger partial charge in [0.05, 0.1) is 12.0 Å². The molecule has 17 heavy (non-hydrogen) atoms. The first-order chi connectivity index (χ1) is 8.19. The van der Waals surface area contributed by atoms with Crippen LogP contribution in [0.2, 0.25) is 0 Å². The van der Waals surface area contributed by atoms with Crippen molar-refractivity contribution in [1.82, 2.24) is 4.90 Å². The number of nitrogens with zero attached hydrogens (tertiary/aromatic N) is 2. The van der Waals surface area contributed by atoms with Gasteiger partial charge in [-0.05, 0) is 37.6 Å². The van der Waals surface area contributed by atoms with Gasteiger partial charge in [0.25, 0.3) is 0 Å². The predicted molar refractivity (Wildman–Crippen MR) is 67.7 cm³/mol. The average Bonchev–Trinajstić information content (AvgIpc) is 2.34. The Hall–Kier alpha value is -0.920. The van der Waals surface area contributed by atoms with Crippen LogP contribution in [-0.4, -0.2) is 18.0 Å². The standard InChI is InChI=1S/C13H14BrFN2/c14-12-3-4-13(15)11(6-12)9-17-5-1-2-10(7-16)8-17/h3-4,6,10H,1-2,5,8-9H2. The van der Waals surface area contributed by atoms with Crippen LogP contribution in [-0.2, 0) is 6.54 Å². The van der Waals surface area contributed by atoms with E-state index in [-0.39, 0.29) is 11.7 Å². The van der Waals surface area contributed by atoms with E-state index in [1.54, 1.807) is 6.07 Å². The van der Waals surface area contributed by atoms with Crippen molar-refractivity contribution in [1.29, 1.82) is 5.26 Å². The van der Waals surface area contributed by atoms with E-state index in [0.717, 1.165) is 30.4 Å². The normalized spacial score (nSPS) is 21.1. The third-order valence-corrected chi connectivity index (χ3v) is 3.58. The van der Waals surface area contributed by atoms with E-state index in [9.17, 15) is 4.39 Å². The highest BCUT2D eigenvalue weighted by atomic mass is 79.9. The average molecular weight is 297 g/mol. The van der Waals surface area contributed by atoms with Crippen molar-refractivity contribution >= 4 is 15.9 Å². The first-order valence-corrected chi connectivity index (χ1v) is 6.54. The number of halogens is 2. The molecule has 0 amide bonds. The van der Waals surface area contributed by atoms with E-state index in [0.29, 0.717) is 12.1 Å². The molecule has 1 heterocycles. The maximum Gasteiger partial charge on any atom is 0.127 e. The fourth-order valence-electron chi connectivity index (χ4n) is 2.21. The van der Waals surface area contributed by atoms with Crippen molar-refractivity contribution in [2.45, 2.75) is 19.4 Å². The van der Waals surface area contributed by atoms with Gasteiger partial charge in [0, 0.05) is 23.1 Å². The zero-order valence-electron chi connectivity index (χ0n) is 9.50. The highest BCUT2D eigenvalue weighted by Crippen LogP contribution is 2.21. The van der Waals surface area contributed by atoms with Gasteiger partial charge < -0.3 is 0 Å². The third kappa shape index (κ3) is 3.27.